The van der Waals surface area contributed by atoms with Crippen molar-refractivity contribution in [2.75, 3.05) is 19.6 Å². The van der Waals surface area contributed by atoms with Crippen LogP contribution in [0.15, 0.2) is 24.3 Å². The molecule has 1 aromatic rings. The second kappa shape index (κ2) is 7.55. The number of methoxy groups -OCH3 is 1. The average molecular weight is 272 g/mol. The Morgan fingerprint density at radius 1 is 1.28 bits per heavy atom. The Hall–Kier alpha value is -1.75. The number of esters is 1. The van der Waals surface area contributed by atoms with Crippen LogP contribution in [0.2, 0.25) is 0 Å². The number of alkyl carbamates (subject to hydrolysis) is 1. The summed E-state index contributed by atoms with van der Waals surface area (Å²) in [5, 5.41) is 2.56. The largest absolute Gasteiger partial charge is 0.465 e. The number of ether oxygens (including phenoxy) is 2. The summed E-state index contributed by atoms with van der Waals surface area (Å²) in [7, 11) is 1.32. The third kappa shape index (κ3) is 4.63. The van der Waals surface area contributed by atoms with Crippen LogP contribution >= 0.6 is 11.6 Å². The van der Waals surface area contributed by atoms with E-state index in [4.69, 9.17) is 16.3 Å². The molecule has 1 amide bonds. The number of nitrogens with one attached hydrogen (secondary N) is 1. The Labute approximate surface area is 110 Å². The van der Waals surface area contributed by atoms with E-state index >= 15 is 0 Å². The van der Waals surface area contributed by atoms with E-state index in [1.165, 1.54) is 7.11 Å². The van der Waals surface area contributed by atoms with E-state index in [0.29, 0.717) is 12.1 Å². The summed E-state index contributed by atoms with van der Waals surface area (Å²) in [4.78, 5) is 22.3. The Morgan fingerprint density at radius 2 is 1.94 bits per heavy atom. The van der Waals surface area contributed by atoms with E-state index < -0.39 is 12.1 Å². The third-order valence-corrected chi connectivity index (χ3v) is 2.28. The maximum Gasteiger partial charge on any atom is 0.407 e. The summed E-state index contributed by atoms with van der Waals surface area (Å²) < 4.78 is 9.31. The molecule has 0 saturated carbocycles. The van der Waals surface area contributed by atoms with Crippen LogP contribution in [0.25, 0.3) is 0 Å². The van der Waals surface area contributed by atoms with Crippen molar-refractivity contribution in [1.82, 2.24) is 5.32 Å². The van der Waals surface area contributed by atoms with Gasteiger partial charge in [-0.3, -0.25) is 0 Å². The lowest BCUT2D eigenvalue weighted by molar-refractivity contribution is 0.0600. The maximum absolute atomic E-state index is 11.2. The molecule has 0 aliphatic carbocycles. The molecule has 0 aliphatic heterocycles. The molecule has 0 radical (unpaired) electrons. The van der Waals surface area contributed by atoms with Crippen molar-refractivity contribution in [3.8, 4) is 0 Å². The molecular weight excluding hydrogens is 258 g/mol. The first-order valence-electron chi connectivity index (χ1n) is 5.31. The molecule has 6 heteroatoms. The highest BCUT2D eigenvalue weighted by Gasteiger charge is 2.05. The second-order valence-electron chi connectivity index (χ2n) is 3.37. The Balaban J connectivity index is 2.44. The van der Waals surface area contributed by atoms with Crippen molar-refractivity contribution in [3.63, 3.8) is 0 Å². The molecule has 98 valence electrons. The van der Waals surface area contributed by atoms with Gasteiger partial charge in [0.2, 0.25) is 0 Å². The van der Waals surface area contributed by atoms with Gasteiger partial charge in [-0.05, 0) is 17.7 Å². The topological polar surface area (TPSA) is 64.6 Å². The molecule has 1 aromatic carbocycles. The van der Waals surface area contributed by atoms with Gasteiger partial charge >= 0.3 is 12.1 Å². The van der Waals surface area contributed by atoms with Crippen molar-refractivity contribution in [1.29, 1.82) is 0 Å². The van der Waals surface area contributed by atoms with Crippen molar-refractivity contribution in [2.45, 2.75) is 6.54 Å². The molecule has 0 spiro atoms. The van der Waals surface area contributed by atoms with E-state index in [9.17, 15) is 9.59 Å². The van der Waals surface area contributed by atoms with Gasteiger partial charge in [0.1, 0.15) is 6.61 Å². The van der Waals surface area contributed by atoms with Crippen LogP contribution in [-0.2, 0) is 16.0 Å². The van der Waals surface area contributed by atoms with Crippen LogP contribution in [0.5, 0.6) is 0 Å². The fourth-order valence-electron chi connectivity index (χ4n) is 1.23. The summed E-state index contributed by atoms with van der Waals surface area (Å²) in [6, 6.07) is 6.72. The number of hydrogen-bond acceptors (Lipinski definition) is 4. The number of rotatable bonds is 5. The number of amides is 1. The van der Waals surface area contributed by atoms with Crippen LogP contribution in [0.4, 0.5) is 4.79 Å². The highest BCUT2D eigenvalue weighted by atomic mass is 35.5. The SMILES string of the molecule is COC(=O)c1ccc(CNC(=O)OCCCl)cc1. The van der Waals surface area contributed by atoms with Crippen molar-refractivity contribution < 1.29 is 19.1 Å². The van der Waals surface area contributed by atoms with Crippen molar-refractivity contribution in [3.05, 3.63) is 35.4 Å². The quantitative estimate of drug-likeness (QED) is 0.657. The van der Waals surface area contributed by atoms with Crippen LogP contribution in [0.1, 0.15) is 15.9 Å². The number of carbonyl (C=O) groups excluding carboxylic acids is 2. The first-order chi connectivity index (χ1) is 8.67. The summed E-state index contributed by atoms with van der Waals surface area (Å²) in [5.74, 6) is -0.127. The number of alkyl halides is 1. The fourth-order valence-corrected chi connectivity index (χ4v) is 1.31. The van der Waals surface area contributed by atoms with Crippen molar-refractivity contribution >= 4 is 23.7 Å². The van der Waals surface area contributed by atoms with Gasteiger partial charge in [0, 0.05) is 6.54 Å². The Morgan fingerprint density at radius 3 is 2.50 bits per heavy atom. The number of carbonyl (C=O) groups is 2. The zero-order chi connectivity index (χ0) is 13.4. The smallest absolute Gasteiger partial charge is 0.407 e. The van der Waals surface area contributed by atoms with Gasteiger partial charge in [-0.2, -0.15) is 0 Å². The number of halogens is 1. The van der Waals surface area contributed by atoms with Crippen LogP contribution in [0, 0.1) is 0 Å². The normalized spacial score (nSPS) is 9.67. The second-order valence-corrected chi connectivity index (χ2v) is 3.74. The molecule has 0 fully saturated rings. The zero-order valence-corrected chi connectivity index (χ0v) is 10.7. The lowest BCUT2D eigenvalue weighted by Crippen LogP contribution is -2.24. The summed E-state index contributed by atoms with van der Waals surface area (Å²) in [5.41, 5.74) is 1.32. The first-order valence-corrected chi connectivity index (χ1v) is 5.84. The highest BCUT2D eigenvalue weighted by molar-refractivity contribution is 6.18. The summed E-state index contributed by atoms with van der Waals surface area (Å²) >= 11 is 5.37. The fraction of sp³-hybridized carbons (Fsp3) is 0.333. The van der Waals surface area contributed by atoms with Crippen LogP contribution in [-0.4, -0.2) is 31.7 Å². The molecule has 0 heterocycles. The number of benzene rings is 1. The molecule has 0 aromatic heterocycles. The van der Waals surface area contributed by atoms with Gasteiger partial charge in [-0.1, -0.05) is 12.1 Å². The van der Waals surface area contributed by atoms with E-state index in [0.717, 1.165) is 5.56 Å². The Kier molecular flexibility index (Phi) is 6.00. The first kappa shape index (κ1) is 14.3. The van der Waals surface area contributed by atoms with E-state index in [1.807, 2.05) is 0 Å². The molecule has 0 atom stereocenters. The van der Waals surface area contributed by atoms with Gasteiger partial charge < -0.3 is 14.8 Å². The van der Waals surface area contributed by atoms with Gasteiger partial charge in [0.25, 0.3) is 0 Å². The van der Waals surface area contributed by atoms with Crippen molar-refractivity contribution in [2.24, 2.45) is 0 Å². The van der Waals surface area contributed by atoms with Gasteiger partial charge in [0.15, 0.2) is 0 Å². The molecular formula is C12H14ClNO4. The monoisotopic (exact) mass is 271 g/mol. The molecule has 1 N–H and O–H groups in total. The van der Waals surface area contributed by atoms with Gasteiger partial charge in [0.05, 0.1) is 18.6 Å². The lowest BCUT2D eigenvalue weighted by atomic mass is 10.1. The van der Waals surface area contributed by atoms with Gasteiger partial charge in [-0.25, -0.2) is 9.59 Å². The highest BCUT2D eigenvalue weighted by Crippen LogP contribution is 2.05. The van der Waals surface area contributed by atoms with Crippen LogP contribution < -0.4 is 5.32 Å². The lowest BCUT2D eigenvalue weighted by Gasteiger charge is -2.06. The summed E-state index contributed by atoms with van der Waals surface area (Å²) in [6.45, 7) is 0.497. The molecule has 0 saturated heterocycles. The predicted octanol–water partition coefficient (Wildman–Crippen LogP) is 1.94. The van der Waals surface area contributed by atoms with E-state index in [2.05, 4.69) is 10.1 Å². The number of hydrogen-bond donors (Lipinski definition) is 1. The standard InChI is InChI=1S/C12H14ClNO4/c1-17-11(15)10-4-2-9(3-5-10)8-14-12(16)18-7-6-13/h2-5H,6-8H2,1H3,(H,14,16). The molecule has 0 aliphatic rings. The molecule has 5 nitrogen and oxygen atoms in total. The average Bonchev–Trinajstić information content (AvgIpc) is 2.42. The molecule has 18 heavy (non-hydrogen) atoms. The minimum absolute atomic E-state index is 0.175. The Bertz CT molecular complexity index is 405. The van der Waals surface area contributed by atoms with Crippen LogP contribution in [0.3, 0.4) is 0 Å². The predicted molar refractivity (Wildman–Crippen MR) is 66.7 cm³/mol. The third-order valence-electron chi connectivity index (χ3n) is 2.12. The van der Waals surface area contributed by atoms with E-state index in [-0.39, 0.29) is 12.5 Å². The zero-order valence-electron chi connectivity index (χ0n) is 9.94. The minimum atomic E-state index is -0.521. The molecule has 0 unspecified atom stereocenters. The molecule has 1 rings (SSSR count). The van der Waals surface area contributed by atoms with Gasteiger partial charge in [-0.15, -0.1) is 11.6 Å². The minimum Gasteiger partial charge on any atom is -0.465 e. The molecule has 0 bridgehead atoms. The van der Waals surface area contributed by atoms with E-state index in [1.54, 1.807) is 24.3 Å². The summed E-state index contributed by atoms with van der Waals surface area (Å²) in [6.07, 6.45) is -0.521. The maximum atomic E-state index is 11.2.